The highest BCUT2D eigenvalue weighted by Gasteiger charge is 2.32. The van der Waals surface area contributed by atoms with Gasteiger partial charge in [-0.3, -0.25) is 4.79 Å². The lowest BCUT2D eigenvalue weighted by Crippen LogP contribution is -3.28. The van der Waals surface area contributed by atoms with Crippen molar-refractivity contribution in [3.05, 3.63) is 29.8 Å². The van der Waals surface area contributed by atoms with Crippen molar-refractivity contribution in [3.8, 4) is 11.8 Å². The van der Waals surface area contributed by atoms with Crippen molar-refractivity contribution in [1.82, 2.24) is 5.32 Å². The van der Waals surface area contributed by atoms with E-state index < -0.39 is 5.54 Å². The Kier molecular flexibility index (Phi) is 7.01. The number of nitrogens with zero attached hydrogens (tertiary/aromatic N) is 1. The van der Waals surface area contributed by atoms with Crippen LogP contribution < -0.4 is 19.9 Å². The highest BCUT2D eigenvalue weighted by molar-refractivity contribution is 5.78. The van der Waals surface area contributed by atoms with E-state index in [1.165, 1.54) is 10.5 Å². The molecule has 0 spiro atoms. The minimum absolute atomic E-state index is 0.0312. The summed E-state index contributed by atoms with van der Waals surface area (Å²) < 4.78 is 5.20. The molecule has 0 aliphatic carbocycles. The first kappa shape index (κ1) is 20.2. The third kappa shape index (κ3) is 5.45. The van der Waals surface area contributed by atoms with Crippen LogP contribution in [0, 0.1) is 17.2 Å². The van der Waals surface area contributed by atoms with E-state index in [0.29, 0.717) is 6.54 Å². The predicted octanol–water partition coefficient (Wildman–Crippen LogP) is -0.967. The zero-order valence-electron chi connectivity index (χ0n) is 16.4. The van der Waals surface area contributed by atoms with Crippen molar-refractivity contribution in [2.24, 2.45) is 5.92 Å². The van der Waals surface area contributed by atoms with E-state index in [-0.39, 0.29) is 11.8 Å². The molecule has 0 unspecified atom stereocenters. The third-order valence-electron chi connectivity index (χ3n) is 5.47. The summed E-state index contributed by atoms with van der Waals surface area (Å²) in [5.74, 6) is 0.934. The second kappa shape index (κ2) is 9.02. The number of carbonyl (C=O) groups excluding carboxylic acids is 1. The topological polar surface area (TPSA) is 71.0 Å². The zero-order valence-corrected chi connectivity index (χ0v) is 16.4. The maximum absolute atomic E-state index is 12.3. The van der Waals surface area contributed by atoms with E-state index in [4.69, 9.17) is 4.74 Å². The molecule has 1 aromatic rings. The summed E-state index contributed by atoms with van der Waals surface area (Å²) in [6.45, 7) is 11.2. The molecule has 6 nitrogen and oxygen atoms in total. The monoisotopic (exact) mass is 360 g/mol. The van der Waals surface area contributed by atoms with Gasteiger partial charge in [-0.1, -0.05) is 13.8 Å². The molecule has 0 aromatic heterocycles. The van der Waals surface area contributed by atoms with Crippen LogP contribution in [0.5, 0.6) is 5.75 Å². The number of amides is 1. The third-order valence-corrected chi connectivity index (χ3v) is 5.47. The van der Waals surface area contributed by atoms with E-state index in [9.17, 15) is 10.1 Å². The highest BCUT2D eigenvalue weighted by atomic mass is 16.5. The molecule has 26 heavy (non-hydrogen) atoms. The smallest absolute Gasteiger partial charge is 0.276 e. The Balaban J connectivity index is 1.77. The Morgan fingerprint density at radius 1 is 1.23 bits per heavy atom. The fourth-order valence-corrected chi connectivity index (χ4v) is 3.20. The Labute approximate surface area is 156 Å². The lowest BCUT2D eigenvalue weighted by Gasteiger charge is -2.31. The summed E-state index contributed by atoms with van der Waals surface area (Å²) in [6, 6.07) is 10.5. The Hall–Kier alpha value is -2.10. The number of quaternary nitrogens is 2. The van der Waals surface area contributed by atoms with Crippen LogP contribution in [-0.2, 0) is 11.3 Å². The standard InChI is InChI=1S/C20H30N4O2/c1-16(2)20(3,15-21)22-19(25)14-24-11-9-23(10-12-24)13-17-5-7-18(26-4)8-6-17/h5-8,16H,9-14H2,1-4H3,(H,22,25)/p+2/t20-/m0/s1. The van der Waals surface area contributed by atoms with Crippen molar-refractivity contribution in [1.29, 1.82) is 5.26 Å². The molecule has 1 aliphatic heterocycles. The first-order chi connectivity index (χ1) is 12.4. The average Bonchev–Trinajstić information content (AvgIpc) is 2.63. The maximum atomic E-state index is 12.3. The first-order valence-electron chi connectivity index (χ1n) is 9.38. The number of piperazine rings is 1. The van der Waals surface area contributed by atoms with E-state index in [1.54, 1.807) is 18.9 Å². The lowest BCUT2D eigenvalue weighted by atomic mass is 9.90. The van der Waals surface area contributed by atoms with Crippen LogP contribution in [0.2, 0.25) is 0 Å². The second-order valence-electron chi connectivity index (χ2n) is 7.72. The van der Waals surface area contributed by atoms with E-state index >= 15 is 0 Å². The molecule has 0 radical (unpaired) electrons. The maximum Gasteiger partial charge on any atom is 0.276 e. The summed E-state index contributed by atoms with van der Waals surface area (Å²) in [5, 5.41) is 12.2. The Morgan fingerprint density at radius 2 is 1.81 bits per heavy atom. The summed E-state index contributed by atoms with van der Waals surface area (Å²) in [7, 11) is 1.68. The predicted molar refractivity (Wildman–Crippen MR) is 100.0 cm³/mol. The van der Waals surface area contributed by atoms with Crippen molar-refractivity contribution in [2.45, 2.75) is 32.9 Å². The van der Waals surface area contributed by atoms with Crippen LogP contribution in [0.15, 0.2) is 24.3 Å². The van der Waals surface area contributed by atoms with Gasteiger partial charge in [0, 0.05) is 5.56 Å². The number of ether oxygens (including phenoxy) is 1. The lowest BCUT2D eigenvalue weighted by molar-refractivity contribution is -1.02. The number of nitriles is 1. The number of nitrogens with one attached hydrogen (secondary N) is 3. The molecule has 142 valence electrons. The fraction of sp³-hybridized carbons (Fsp3) is 0.600. The second-order valence-corrected chi connectivity index (χ2v) is 7.72. The van der Waals surface area contributed by atoms with Crippen LogP contribution in [0.4, 0.5) is 0 Å². The van der Waals surface area contributed by atoms with Gasteiger partial charge in [0.15, 0.2) is 6.54 Å². The first-order valence-corrected chi connectivity index (χ1v) is 9.38. The van der Waals surface area contributed by atoms with Gasteiger partial charge in [-0.25, -0.2) is 0 Å². The van der Waals surface area contributed by atoms with Gasteiger partial charge >= 0.3 is 0 Å². The van der Waals surface area contributed by atoms with E-state index in [0.717, 1.165) is 38.5 Å². The molecule has 0 bridgehead atoms. The van der Waals surface area contributed by atoms with Crippen molar-refractivity contribution >= 4 is 5.91 Å². The van der Waals surface area contributed by atoms with Crippen LogP contribution in [0.1, 0.15) is 26.3 Å². The number of hydrogen-bond donors (Lipinski definition) is 3. The fourth-order valence-electron chi connectivity index (χ4n) is 3.20. The highest BCUT2D eigenvalue weighted by Crippen LogP contribution is 2.14. The molecule has 1 aliphatic rings. The molecule has 1 saturated heterocycles. The van der Waals surface area contributed by atoms with Crippen LogP contribution >= 0.6 is 0 Å². The number of methoxy groups -OCH3 is 1. The van der Waals surface area contributed by atoms with Gasteiger partial charge in [-0.05, 0) is 37.1 Å². The number of benzene rings is 1. The van der Waals surface area contributed by atoms with Crippen LogP contribution in [0.25, 0.3) is 0 Å². The van der Waals surface area contributed by atoms with Gasteiger partial charge in [0.05, 0.1) is 13.2 Å². The molecule has 1 heterocycles. The zero-order chi connectivity index (χ0) is 19.2. The number of rotatable bonds is 7. The molecule has 1 atom stereocenters. The molecule has 1 amide bonds. The summed E-state index contributed by atoms with van der Waals surface area (Å²) >= 11 is 0. The molecular weight excluding hydrogens is 328 g/mol. The van der Waals surface area contributed by atoms with Gasteiger partial charge in [0.2, 0.25) is 0 Å². The molecule has 2 rings (SSSR count). The van der Waals surface area contributed by atoms with E-state index in [2.05, 4.69) is 23.5 Å². The Morgan fingerprint density at radius 3 is 2.31 bits per heavy atom. The van der Waals surface area contributed by atoms with Gasteiger partial charge in [0.25, 0.3) is 5.91 Å². The van der Waals surface area contributed by atoms with Crippen LogP contribution in [0.3, 0.4) is 0 Å². The van der Waals surface area contributed by atoms with Crippen molar-refractivity contribution in [3.63, 3.8) is 0 Å². The largest absolute Gasteiger partial charge is 0.497 e. The molecule has 6 heteroatoms. The Bertz CT molecular complexity index is 630. The summed E-state index contributed by atoms with van der Waals surface area (Å²) in [4.78, 5) is 15.2. The number of hydrogen-bond acceptors (Lipinski definition) is 3. The number of carbonyl (C=O) groups is 1. The summed E-state index contributed by atoms with van der Waals surface area (Å²) in [6.07, 6.45) is 0. The summed E-state index contributed by atoms with van der Waals surface area (Å²) in [5.41, 5.74) is 0.515. The molecule has 3 N–H and O–H groups in total. The van der Waals surface area contributed by atoms with Gasteiger partial charge in [-0.2, -0.15) is 5.26 Å². The molecule has 0 saturated carbocycles. The molecule has 1 fully saturated rings. The average molecular weight is 361 g/mol. The molecule has 1 aromatic carbocycles. The minimum atomic E-state index is -0.794. The minimum Gasteiger partial charge on any atom is -0.497 e. The van der Waals surface area contributed by atoms with Crippen molar-refractivity contribution < 1.29 is 19.3 Å². The van der Waals surface area contributed by atoms with Gasteiger partial charge in [-0.15, -0.1) is 0 Å². The van der Waals surface area contributed by atoms with Crippen LogP contribution in [-0.4, -0.2) is 51.3 Å². The quantitative estimate of drug-likeness (QED) is 0.586. The van der Waals surface area contributed by atoms with Crippen molar-refractivity contribution in [2.75, 3.05) is 39.8 Å². The normalized spacial score (nSPS) is 22.3. The molecular formula is C20H32N4O2+2. The SMILES string of the molecule is COc1ccc(C[NH+]2CC[NH+](CC(=O)N[C@@](C)(C#N)C(C)C)CC2)cc1. The van der Waals surface area contributed by atoms with Gasteiger partial charge in [0.1, 0.15) is 44.0 Å². The van der Waals surface area contributed by atoms with Gasteiger partial charge < -0.3 is 19.9 Å². The van der Waals surface area contributed by atoms with E-state index in [1.807, 2.05) is 26.0 Å².